The number of ether oxygens (including phenoxy) is 2. The van der Waals surface area contributed by atoms with Gasteiger partial charge < -0.3 is 14.6 Å². The zero-order valence-corrected chi connectivity index (χ0v) is 13.0. The molecule has 0 amide bonds. The highest BCUT2D eigenvalue weighted by Gasteiger charge is 2.13. The van der Waals surface area contributed by atoms with Gasteiger partial charge in [-0.05, 0) is 30.9 Å². The number of hydrogen-bond donors (Lipinski definition) is 1. The van der Waals surface area contributed by atoms with E-state index in [-0.39, 0.29) is 19.0 Å². The van der Waals surface area contributed by atoms with Gasteiger partial charge in [0.1, 0.15) is 19.0 Å². The molecule has 1 atom stereocenters. The van der Waals surface area contributed by atoms with E-state index in [0.717, 1.165) is 17.2 Å². The molecular weight excluding hydrogens is 280 g/mol. The molecule has 0 saturated heterocycles. The van der Waals surface area contributed by atoms with Crippen molar-refractivity contribution in [3.63, 3.8) is 0 Å². The summed E-state index contributed by atoms with van der Waals surface area (Å²) in [7, 11) is 0. The van der Waals surface area contributed by atoms with Gasteiger partial charge in [-0.15, -0.1) is 0 Å². The van der Waals surface area contributed by atoms with Crippen molar-refractivity contribution in [2.75, 3.05) is 19.8 Å². The molecule has 2 rings (SSSR count). The molecular formula is C18H22O4. The molecule has 0 aliphatic rings. The third kappa shape index (κ3) is 4.06. The van der Waals surface area contributed by atoms with Gasteiger partial charge in [0.15, 0.2) is 5.78 Å². The van der Waals surface area contributed by atoms with Crippen LogP contribution in [0, 0.1) is 0 Å². The first-order chi connectivity index (χ1) is 10.6. The maximum absolute atomic E-state index is 12.3. The topological polar surface area (TPSA) is 55.8 Å². The van der Waals surface area contributed by atoms with Crippen LogP contribution in [0.1, 0.15) is 30.6 Å². The molecule has 1 N–H and O–H groups in total. The Labute approximate surface area is 130 Å². The summed E-state index contributed by atoms with van der Waals surface area (Å²) in [6.45, 7) is 4.57. The molecule has 0 aliphatic heterocycles. The number of Topliss-reactive ketones (excluding diaryl/α,β-unsaturated/α-hetero) is 1. The van der Waals surface area contributed by atoms with Crippen molar-refractivity contribution >= 4 is 16.6 Å². The normalized spacial score (nSPS) is 12.3. The minimum atomic E-state index is -0.539. The molecule has 0 aliphatic carbocycles. The Hall–Kier alpha value is -1.91. The van der Waals surface area contributed by atoms with Crippen LogP contribution in [0.5, 0.6) is 5.75 Å². The lowest BCUT2D eigenvalue weighted by atomic mass is 10.0. The minimum absolute atomic E-state index is 0.0354. The van der Waals surface area contributed by atoms with Crippen molar-refractivity contribution in [1.29, 1.82) is 0 Å². The molecule has 0 aromatic heterocycles. The fourth-order valence-electron chi connectivity index (χ4n) is 2.24. The molecule has 0 radical (unpaired) electrons. The van der Waals surface area contributed by atoms with Gasteiger partial charge in [0.25, 0.3) is 0 Å². The monoisotopic (exact) mass is 302 g/mol. The Morgan fingerprint density at radius 3 is 2.59 bits per heavy atom. The summed E-state index contributed by atoms with van der Waals surface area (Å²) in [6, 6.07) is 11.1. The smallest absolute Gasteiger partial charge is 0.189 e. The first-order valence-corrected chi connectivity index (χ1v) is 7.57. The standard InChI is InChI=1S/C18H22O4/c1-3-10-21-12-17(20)15-8-9-18(22-11-13(2)19)16-7-5-4-6-14(15)16/h4-9,13,19H,3,10-12H2,1-2H3/t13-/m0/s1. The van der Waals surface area contributed by atoms with E-state index in [1.807, 2.05) is 31.2 Å². The molecule has 0 fully saturated rings. The van der Waals surface area contributed by atoms with Crippen LogP contribution in [0.15, 0.2) is 36.4 Å². The highest BCUT2D eigenvalue weighted by Crippen LogP contribution is 2.29. The zero-order chi connectivity index (χ0) is 15.9. The number of benzene rings is 2. The number of hydrogen-bond acceptors (Lipinski definition) is 4. The van der Waals surface area contributed by atoms with Crippen molar-refractivity contribution in [1.82, 2.24) is 0 Å². The molecule has 4 nitrogen and oxygen atoms in total. The number of carbonyl (C=O) groups excluding carboxylic acids is 1. The lowest BCUT2D eigenvalue weighted by Gasteiger charge is -2.13. The van der Waals surface area contributed by atoms with Crippen LogP contribution < -0.4 is 4.74 Å². The van der Waals surface area contributed by atoms with E-state index in [9.17, 15) is 9.90 Å². The van der Waals surface area contributed by atoms with Gasteiger partial charge in [0.05, 0.1) is 6.10 Å². The quantitative estimate of drug-likeness (QED) is 0.601. The Bertz CT molecular complexity index is 634. The van der Waals surface area contributed by atoms with Crippen LogP contribution in [-0.2, 0) is 4.74 Å². The van der Waals surface area contributed by atoms with Crippen LogP contribution in [-0.4, -0.2) is 36.8 Å². The van der Waals surface area contributed by atoms with E-state index >= 15 is 0 Å². The van der Waals surface area contributed by atoms with Gasteiger partial charge in [-0.1, -0.05) is 31.2 Å². The van der Waals surface area contributed by atoms with Gasteiger partial charge in [0.2, 0.25) is 0 Å². The Kier molecular flexibility index (Phi) is 5.92. The molecule has 2 aromatic rings. The molecule has 0 unspecified atom stereocenters. The van der Waals surface area contributed by atoms with Gasteiger partial charge >= 0.3 is 0 Å². The van der Waals surface area contributed by atoms with E-state index < -0.39 is 6.10 Å². The largest absolute Gasteiger partial charge is 0.490 e. The maximum atomic E-state index is 12.3. The summed E-state index contributed by atoms with van der Waals surface area (Å²) in [5, 5.41) is 11.1. The predicted octanol–water partition coefficient (Wildman–Crippen LogP) is 3.21. The highest BCUT2D eigenvalue weighted by atomic mass is 16.5. The van der Waals surface area contributed by atoms with Crippen LogP contribution in [0.25, 0.3) is 10.8 Å². The average molecular weight is 302 g/mol. The minimum Gasteiger partial charge on any atom is -0.490 e. The summed E-state index contributed by atoms with van der Waals surface area (Å²) < 4.78 is 11.0. The number of aliphatic hydroxyl groups excluding tert-OH is 1. The van der Waals surface area contributed by atoms with E-state index in [4.69, 9.17) is 9.47 Å². The second kappa shape index (κ2) is 7.92. The maximum Gasteiger partial charge on any atom is 0.189 e. The van der Waals surface area contributed by atoms with Gasteiger partial charge in [-0.2, -0.15) is 0 Å². The summed E-state index contributed by atoms with van der Waals surface area (Å²) in [5.74, 6) is 0.634. The van der Waals surface area contributed by atoms with Gasteiger partial charge in [-0.3, -0.25) is 4.79 Å². The second-order valence-electron chi connectivity index (χ2n) is 5.29. The van der Waals surface area contributed by atoms with Gasteiger partial charge in [0, 0.05) is 17.6 Å². The van der Waals surface area contributed by atoms with Crippen molar-refractivity contribution < 1.29 is 19.4 Å². The Morgan fingerprint density at radius 1 is 1.18 bits per heavy atom. The van der Waals surface area contributed by atoms with Crippen molar-refractivity contribution in [2.24, 2.45) is 0 Å². The second-order valence-corrected chi connectivity index (χ2v) is 5.29. The van der Waals surface area contributed by atoms with Crippen molar-refractivity contribution in [2.45, 2.75) is 26.4 Å². The SMILES string of the molecule is CCCOCC(=O)c1ccc(OC[C@H](C)O)c2ccccc12. The molecule has 22 heavy (non-hydrogen) atoms. The molecule has 0 spiro atoms. The van der Waals surface area contributed by atoms with Crippen LogP contribution >= 0.6 is 0 Å². The first kappa shape index (κ1) is 16.5. The van der Waals surface area contributed by atoms with Crippen molar-refractivity contribution in [3.8, 4) is 5.75 Å². The summed E-state index contributed by atoms with van der Waals surface area (Å²) >= 11 is 0. The predicted molar refractivity (Wildman–Crippen MR) is 86.6 cm³/mol. The summed E-state index contributed by atoms with van der Waals surface area (Å²) in [5.41, 5.74) is 0.635. The van der Waals surface area contributed by atoms with Crippen LogP contribution in [0.2, 0.25) is 0 Å². The van der Waals surface area contributed by atoms with E-state index in [1.165, 1.54) is 0 Å². The van der Waals surface area contributed by atoms with E-state index in [0.29, 0.717) is 17.9 Å². The molecule has 0 heterocycles. The lowest BCUT2D eigenvalue weighted by Crippen LogP contribution is -2.13. The molecule has 4 heteroatoms. The highest BCUT2D eigenvalue weighted by molar-refractivity contribution is 6.10. The molecule has 118 valence electrons. The Balaban J connectivity index is 2.29. The van der Waals surface area contributed by atoms with E-state index in [1.54, 1.807) is 19.1 Å². The number of fused-ring (bicyclic) bond motifs is 1. The fourth-order valence-corrected chi connectivity index (χ4v) is 2.24. The van der Waals surface area contributed by atoms with Crippen LogP contribution in [0.3, 0.4) is 0 Å². The first-order valence-electron chi connectivity index (χ1n) is 7.57. The lowest BCUT2D eigenvalue weighted by molar-refractivity contribution is 0.0763. The van der Waals surface area contributed by atoms with Crippen LogP contribution in [0.4, 0.5) is 0 Å². The molecule has 0 saturated carbocycles. The van der Waals surface area contributed by atoms with Crippen molar-refractivity contribution in [3.05, 3.63) is 42.0 Å². The fraction of sp³-hybridized carbons (Fsp3) is 0.389. The number of carbonyl (C=O) groups is 1. The Morgan fingerprint density at radius 2 is 1.91 bits per heavy atom. The van der Waals surface area contributed by atoms with Gasteiger partial charge in [-0.25, -0.2) is 0 Å². The molecule has 2 aromatic carbocycles. The number of ketones is 1. The number of rotatable bonds is 8. The summed E-state index contributed by atoms with van der Waals surface area (Å²) in [6.07, 6.45) is 0.350. The molecule has 0 bridgehead atoms. The number of aliphatic hydroxyl groups is 1. The third-order valence-corrected chi connectivity index (χ3v) is 3.25. The zero-order valence-electron chi connectivity index (χ0n) is 13.0. The summed E-state index contributed by atoms with van der Waals surface area (Å²) in [4.78, 5) is 12.3. The third-order valence-electron chi connectivity index (χ3n) is 3.25. The van der Waals surface area contributed by atoms with E-state index in [2.05, 4.69) is 0 Å². The average Bonchev–Trinajstić information content (AvgIpc) is 2.52.